The monoisotopic (exact) mass is 343 g/mol. The molecule has 0 unspecified atom stereocenters. The van der Waals surface area contributed by atoms with E-state index in [0.29, 0.717) is 31.4 Å². The summed E-state index contributed by atoms with van der Waals surface area (Å²) >= 11 is 0. The summed E-state index contributed by atoms with van der Waals surface area (Å²) in [6.07, 6.45) is 8.82. The van der Waals surface area contributed by atoms with E-state index in [9.17, 15) is 9.18 Å². The van der Waals surface area contributed by atoms with Gasteiger partial charge in [0, 0.05) is 0 Å². The molecule has 0 aliphatic heterocycles. The first kappa shape index (κ1) is 19.2. The molecule has 1 saturated carbocycles. The van der Waals surface area contributed by atoms with Gasteiger partial charge in [-0.15, -0.1) is 0 Å². The van der Waals surface area contributed by atoms with Crippen LogP contribution in [0.3, 0.4) is 0 Å². The summed E-state index contributed by atoms with van der Waals surface area (Å²) in [5.74, 6) is -0.445. The van der Waals surface area contributed by atoms with Gasteiger partial charge in [0.15, 0.2) is 5.83 Å². The van der Waals surface area contributed by atoms with E-state index >= 15 is 0 Å². The number of carbonyl (C=O) groups excluding carboxylic acids is 1. The maximum absolute atomic E-state index is 13.0. The van der Waals surface area contributed by atoms with Crippen molar-refractivity contribution >= 4 is 5.97 Å². The second-order valence-corrected chi connectivity index (χ2v) is 6.76. The standard InChI is InChI=1S/C21H26FNO2/c1-2-3-4-5-16-8-12-20(13-9-16)25-21(24)18-10-6-17(7-11-18)14-19(22)15-23/h8-9,12-14,17-18H,2-7,10-11H2,1H3/b19-14+. The lowest BCUT2D eigenvalue weighted by molar-refractivity contribution is -0.140. The Morgan fingerprint density at radius 3 is 2.52 bits per heavy atom. The molecule has 0 bridgehead atoms. The molecule has 0 aromatic heterocycles. The SMILES string of the molecule is CCCCCc1ccc(OC(=O)C2CCC(/C=C(/F)C#N)CC2)cc1. The van der Waals surface area contributed by atoms with Crippen LogP contribution in [0.2, 0.25) is 0 Å². The molecular formula is C21H26FNO2. The molecule has 1 aliphatic carbocycles. The number of hydrogen-bond donors (Lipinski definition) is 0. The first-order chi connectivity index (χ1) is 12.1. The van der Waals surface area contributed by atoms with E-state index < -0.39 is 5.83 Å². The number of aryl methyl sites for hydroxylation is 1. The van der Waals surface area contributed by atoms with Crippen LogP contribution in [0.25, 0.3) is 0 Å². The van der Waals surface area contributed by atoms with Crippen molar-refractivity contribution in [2.24, 2.45) is 11.8 Å². The number of halogens is 1. The summed E-state index contributed by atoms with van der Waals surface area (Å²) in [5.41, 5.74) is 1.26. The average molecular weight is 343 g/mol. The highest BCUT2D eigenvalue weighted by atomic mass is 19.1. The number of carbonyl (C=O) groups is 1. The summed E-state index contributed by atoms with van der Waals surface area (Å²) < 4.78 is 18.5. The predicted octanol–water partition coefficient (Wildman–Crippen LogP) is 5.51. The molecule has 0 atom stereocenters. The zero-order valence-corrected chi connectivity index (χ0v) is 14.8. The molecule has 1 aromatic rings. The van der Waals surface area contributed by atoms with Crippen LogP contribution in [0.15, 0.2) is 36.2 Å². The van der Waals surface area contributed by atoms with Gasteiger partial charge < -0.3 is 4.74 Å². The van der Waals surface area contributed by atoms with Crippen molar-refractivity contribution in [3.8, 4) is 11.8 Å². The highest BCUT2D eigenvalue weighted by Crippen LogP contribution is 2.31. The van der Waals surface area contributed by atoms with Crippen LogP contribution in [0.5, 0.6) is 5.75 Å². The van der Waals surface area contributed by atoms with Crippen LogP contribution in [0.1, 0.15) is 57.4 Å². The molecule has 1 aliphatic rings. The summed E-state index contributed by atoms with van der Waals surface area (Å²) in [6.45, 7) is 2.19. The summed E-state index contributed by atoms with van der Waals surface area (Å²) in [7, 11) is 0. The Morgan fingerprint density at radius 2 is 1.92 bits per heavy atom. The third kappa shape index (κ3) is 6.34. The number of esters is 1. The summed E-state index contributed by atoms with van der Waals surface area (Å²) in [4.78, 5) is 12.3. The lowest BCUT2D eigenvalue weighted by atomic mass is 9.82. The average Bonchev–Trinajstić information content (AvgIpc) is 2.64. The smallest absolute Gasteiger partial charge is 0.314 e. The molecule has 0 N–H and O–H groups in total. The van der Waals surface area contributed by atoms with Crippen LogP contribution in [0, 0.1) is 23.2 Å². The van der Waals surface area contributed by atoms with Gasteiger partial charge in [-0.05, 0) is 68.2 Å². The number of hydrogen-bond acceptors (Lipinski definition) is 3. The minimum atomic E-state index is -0.731. The van der Waals surface area contributed by atoms with Gasteiger partial charge in [-0.1, -0.05) is 31.9 Å². The molecule has 0 heterocycles. The van der Waals surface area contributed by atoms with Crippen molar-refractivity contribution in [2.45, 2.75) is 58.3 Å². The number of unbranched alkanes of at least 4 members (excludes halogenated alkanes) is 2. The molecule has 0 saturated heterocycles. The molecule has 3 nitrogen and oxygen atoms in total. The van der Waals surface area contributed by atoms with E-state index in [2.05, 4.69) is 6.92 Å². The normalized spacial score (nSPS) is 20.8. The Bertz CT molecular complexity index is 622. The van der Waals surface area contributed by atoms with E-state index in [0.717, 1.165) is 6.42 Å². The number of allylic oxidation sites excluding steroid dienone is 2. The predicted molar refractivity (Wildman–Crippen MR) is 95.6 cm³/mol. The molecule has 1 aromatic carbocycles. The Morgan fingerprint density at radius 1 is 1.24 bits per heavy atom. The minimum Gasteiger partial charge on any atom is -0.426 e. The molecular weight excluding hydrogens is 317 g/mol. The maximum Gasteiger partial charge on any atom is 0.314 e. The van der Waals surface area contributed by atoms with Crippen molar-refractivity contribution in [2.75, 3.05) is 0 Å². The van der Waals surface area contributed by atoms with Gasteiger partial charge in [-0.3, -0.25) is 4.79 Å². The van der Waals surface area contributed by atoms with Crippen LogP contribution in [-0.2, 0) is 11.2 Å². The van der Waals surface area contributed by atoms with Crippen molar-refractivity contribution < 1.29 is 13.9 Å². The number of ether oxygens (including phenoxy) is 1. The van der Waals surface area contributed by atoms with E-state index in [1.807, 2.05) is 24.3 Å². The molecule has 0 radical (unpaired) electrons. The van der Waals surface area contributed by atoms with Crippen molar-refractivity contribution in [1.82, 2.24) is 0 Å². The fourth-order valence-corrected chi connectivity index (χ4v) is 3.27. The van der Waals surface area contributed by atoms with Crippen molar-refractivity contribution in [1.29, 1.82) is 5.26 Å². The first-order valence-corrected chi connectivity index (χ1v) is 9.20. The zero-order valence-electron chi connectivity index (χ0n) is 14.8. The quantitative estimate of drug-likeness (QED) is 0.284. The fourth-order valence-electron chi connectivity index (χ4n) is 3.27. The van der Waals surface area contributed by atoms with Gasteiger partial charge >= 0.3 is 5.97 Å². The van der Waals surface area contributed by atoms with Crippen LogP contribution >= 0.6 is 0 Å². The molecule has 4 heteroatoms. The van der Waals surface area contributed by atoms with E-state index in [4.69, 9.17) is 10.00 Å². The number of nitrogens with zero attached hydrogens (tertiary/aromatic N) is 1. The summed E-state index contributed by atoms with van der Waals surface area (Å²) in [6, 6.07) is 9.25. The Balaban J connectivity index is 1.80. The molecule has 0 amide bonds. The van der Waals surface area contributed by atoms with Crippen LogP contribution in [0.4, 0.5) is 4.39 Å². The third-order valence-corrected chi connectivity index (χ3v) is 4.80. The highest BCUT2D eigenvalue weighted by molar-refractivity contribution is 5.75. The fraction of sp³-hybridized carbons (Fsp3) is 0.524. The van der Waals surface area contributed by atoms with E-state index in [1.54, 1.807) is 0 Å². The lowest BCUT2D eigenvalue weighted by Crippen LogP contribution is -2.25. The molecule has 2 rings (SSSR count). The second kappa shape index (κ2) is 9.98. The largest absolute Gasteiger partial charge is 0.426 e. The van der Waals surface area contributed by atoms with Crippen LogP contribution in [-0.4, -0.2) is 5.97 Å². The Kier molecular flexibility index (Phi) is 7.66. The number of nitriles is 1. The molecule has 1 fully saturated rings. The second-order valence-electron chi connectivity index (χ2n) is 6.76. The number of rotatable bonds is 7. The molecule has 25 heavy (non-hydrogen) atoms. The van der Waals surface area contributed by atoms with Gasteiger partial charge in [0.25, 0.3) is 0 Å². The van der Waals surface area contributed by atoms with Gasteiger partial charge in [0.2, 0.25) is 0 Å². The Labute approximate surface area is 149 Å². The van der Waals surface area contributed by atoms with Gasteiger partial charge in [0.1, 0.15) is 11.8 Å². The lowest BCUT2D eigenvalue weighted by Gasteiger charge is -2.25. The first-order valence-electron chi connectivity index (χ1n) is 9.20. The highest BCUT2D eigenvalue weighted by Gasteiger charge is 2.27. The van der Waals surface area contributed by atoms with Crippen molar-refractivity contribution in [3.05, 3.63) is 41.7 Å². The molecule has 134 valence electrons. The van der Waals surface area contributed by atoms with Gasteiger partial charge in [-0.2, -0.15) is 9.65 Å². The van der Waals surface area contributed by atoms with Gasteiger partial charge in [0.05, 0.1) is 5.92 Å². The van der Waals surface area contributed by atoms with Crippen LogP contribution < -0.4 is 4.74 Å². The Hall–Kier alpha value is -2.15. The zero-order chi connectivity index (χ0) is 18.1. The van der Waals surface area contributed by atoms with E-state index in [1.165, 1.54) is 37.0 Å². The summed E-state index contributed by atoms with van der Waals surface area (Å²) in [5, 5.41) is 8.48. The van der Waals surface area contributed by atoms with Gasteiger partial charge in [-0.25, -0.2) is 0 Å². The minimum absolute atomic E-state index is 0.0473. The van der Waals surface area contributed by atoms with Crippen molar-refractivity contribution in [3.63, 3.8) is 0 Å². The third-order valence-electron chi connectivity index (χ3n) is 4.80. The molecule has 0 spiro atoms. The maximum atomic E-state index is 13.0. The topological polar surface area (TPSA) is 50.1 Å². The number of benzene rings is 1. The van der Waals surface area contributed by atoms with E-state index in [-0.39, 0.29) is 17.8 Å².